The van der Waals surface area contributed by atoms with E-state index in [0.29, 0.717) is 41.3 Å². The summed E-state index contributed by atoms with van der Waals surface area (Å²) in [5, 5.41) is 12.6. The minimum absolute atomic E-state index is 0.253. The molecule has 1 saturated carbocycles. The average Bonchev–Trinajstić information content (AvgIpc) is 3.40. The van der Waals surface area contributed by atoms with Crippen molar-refractivity contribution in [1.82, 2.24) is 9.29 Å². The van der Waals surface area contributed by atoms with E-state index in [1.807, 2.05) is 0 Å². The van der Waals surface area contributed by atoms with Crippen molar-refractivity contribution in [3.8, 4) is 6.07 Å². The van der Waals surface area contributed by atoms with Gasteiger partial charge in [-0.05, 0) is 43.9 Å². The number of amides is 1. The number of hydrogen-bond acceptors (Lipinski definition) is 6. The highest BCUT2D eigenvalue weighted by Gasteiger charge is 2.41. The molecule has 0 atom stereocenters. The Morgan fingerprint density at radius 2 is 1.93 bits per heavy atom. The van der Waals surface area contributed by atoms with Crippen LogP contribution in [-0.2, 0) is 14.8 Å². The summed E-state index contributed by atoms with van der Waals surface area (Å²) in [7, 11) is -3.49. The molecule has 1 aliphatic carbocycles. The highest BCUT2D eigenvalue weighted by atomic mass is 32.2. The first kappa shape index (κ1) is 18.3. The molecule has 1 aromatic heterocycles. The summed E-state index contributed by atoms with van der Waals surface area (Å²) >= 11 is 1.23. The van der Waals surface area contributed by atoms with Crippen molar-refractivity contribution in [2.24, 2.45) is 5.41 Å². The lowest BCUT2D eigenvalue weighted by Crippen LogP contribution is -2.32. The van der Waals surface area contributed by atoms with Crippen LogP contribution in [0.25, 0.3) is 10.2 Å². The first-order chi connectivity index (χ1) is 12.9. The van der Waals surface area contributed by atoms with Gasteiger partial charge in [-0.2, -0.15) is 9.57 Å². The topological polar surface area (TPSA) is 103 Å². The Kier molecular flexibility index (Phi) is 4.66. The second-order valence-corrected chi connectivity index (χ2v) is 10.1. The van der Waals surface area contributed by atoms with E-state index in [4.69, 9.17) is 0 Å². The van der Waals surface area contributed by atoms with E-state index >= 15 is 0 Å². The normalized spacial score (nSPS) is 20.0. The molecule has 0 radical (unpaired) electrons. The summed E-state index contributed by atoms with van der Waals surface area (Å²) in [6.45, 7) is 1.11. The van der Waals surface area contributed by atoms with Crippen LogP contribution in [0, 0.1) is 16.7 Å². The van der Waals surface area contributed by atoms with Gasteiger partial charge in [0.2, 0.25) is 15.9 Å². The Morgan fingerprint density at radius 1 is 1.22 bits per heavy atom. The molecule has 2 heterocycles. The van der Waals surface area contributed by atoms with Gasteiger partial charge >= 0.3 is 0 Å². The van der Waals surface area contributed by atoms with E-state index in [9.17, 15) is 18.5 Å². The Bertz CT molecular complexity index is 1030. The number of nitrogens with one attached hydrogen (secondary N) is 1. The van der Waals surface area contributed by atoms with Crippen LogP contribution in [0.15, 0.2) is 23.1 Å². The predicted molar refractivity (Wildman–Crippen MR) is 103 cm³/mol. The lowest BCUT2D eigenvalue weighted by atomic mass is 9.87. The lowest BCUT2D eigenvalue weighted by molar-refractivity contribution is -0.122. The number of thiazole rings is 1. The van der Waals surface area contributed by atoms with E-state index in [1.54, 1.807) is 18.2 Å². The fraction of sp³-hybridized carbons (Fsp3) is 0.500. The van der Waals surface area contributed by atoms with Crippen molar-refractivity contribution in [2.45, 2.75) is 43.4 Å². The Balaban J connectivity index is 1.60. The van der Waals surface area contributed by atoms with E-state index in [1.165, 1.54) is 15.6 Å². The van der Waals surface area contributed by atoms with Crippen LogP contribution in [0.1, 0.15) is 38.5 Å². The van der Waals surface area contributed by atoms with E-state index in [2.05, 4.69) is 16.4 Å². The van der Waals surface area contributed by atoms with Crippen LogP contribution in [-0.4, -0.2) is 36.7 Å². The molecule has 7 nitrogen and oxygen atoms in total. The molecular formula is C18H20N4O3S2. The monoisotopic (exact) mass is 404 g/mol. The Morgan fingerprint density at radius 3 is 2.59 bits per heavy atom. The highest BCUT2D eigenvalue weighted by molar-refractivity contribution is 7.89. The lowest BCUT2D eigenvalue weighted by Gasteiger charge is -2.17. The van der Waals surface area contributed by atoms with Gasteiger partial charge < -0.3 is 5.32 Å². The van der Waals surface area contributed by atoms with Crippen molar-refractivity contribution in [3.05, 3.63) is 18.2 Å². The summed E-state index contributed by atoms with van der Waals surface area (Å²) in [5.74, 6) is -0.313. The average molecular weight is 405 g/mol. The van der Waals surface area contributed by atoms with Crippen LogP contribution in [0.4, 0.5) is 5.13 Å². The van der Waals surface area contributed by atoms with Crippen LogP contribution in [0.5, 0.6) is 0 Å². The first-order valence-electron chi connectivity index (χ1n) is 9.08. The number of benzene rings is 1. The van der Waals surface area contributed by atoms with Crippen LogP contribution >= 0.6 is 11.3 Å². The van der Waals surface area contributed by atoms with Gasteiger partial charge in [0, 0.05) is 13.1 Å². The molecule has 1 saturated heterocycles. The van der Waals surface area contributed by atoms with E-state index < -0.39 is 15.4 Å². The molecule has 142 valence electrons. The van der Waals surface area contributed by atoms with Crippen molar-refractivity contribution < 1.29 is 13.2 Å². The van der Waals surface area contributed by atoms with Crippen LogP contribution in [0.2, 0.25) is 0 Å². The summed E-state index contributed by atoms with van der Waals surface area (Å²) in [5.41, 5.74) is -0.338. The smallest absolute Gasteiger partial charge is 0.246 e. The first-order valence-corrected chi connectivity index (χ1v) is 11.3. The van der Waals surface area contributed by atoms with Gasteiger partial charge in [-0.3, -0.25) is 4.79 Å². The molecule has 27 heavy (non-hydrogen) atoms. The minimum atomic E-state index is -3.49. The summed E-state index contributed by atoms with van der Waals surface area (Å²) < 4.78 is 27.6. The number of nitriles is 1. The second kappa shape index (κ2) is 6.86. The molecule has 2 aromatic rings. The van der Waals surface area contributed by atoms with Gasteiger partial charge in [-0.15, -0.1) is 0 Å². The molecule has 1 N–H and O–H groups in total. The maximum Gasteiger partial charge on any atom is 0.246 e. The summed E-state index contributed by atoms with van der Waals surface area (Å²) in [6.07, 6.45) is 4.66. The number of anilines is 1. The van der Waals surface area contributed by atoms with Crippen LogP contribution < -0.4 is 5.32 Å². The highest BCUT2D eigenvalue weighted by Crippen LogP contribution is 2.39. The number of sulfonamides is 1. The number of carbonyl (C=O) groups excluding carboxylic acids is 1. The van der Waals surface area contributed by atoms with Gasteiger partial charge in [0.1, 0.15) is 5.41 Å². The van der Waals surface area contributed by atoms with Gasteiger partial charge in [-0.1, -0.05) is 24.2 Å². The van der Waals surface area contributed by atoms with E-state index in [-0.39, 0.29) is 10.8 Å². The molecular weight excluding hydrogens is 384 g/mol. The molecule has 9 heteroatoms. The molecule has 0 unspecified atom stereocenters. The number of fused-ring (bicyclic) bond motifs is 1. The molecule has 2 fully saturated rings. The van der Waals surface area contributed by atoms with Crippen molar-refractivity contribution in [1.29, 1.82) is 5.26 Å². The number of rotatable bonds is 4. The van der Waals surface area contributed by atoms with Crippen molar-refractivity contribution in [3.63, 3.8) is 0 Å². The fourth-order valence-electron chi connectivity index (χ4n) is 3.78. The van der Waals surface area contributed by atoms with Crippen molar-refractivity contribution in [2.75, 3.05) is 18.4 Å². The molecule has 4 rings (SSSR count). The van der Waals surface area contributed by atoms with Crippen molar-refractivity contribution >= 4 is 42.6 Å². The zero-order chi connectivity index (χ0) is 19.1. The number of aromatic nitrogens is 1. The fourth-order valence-corrected chi connectivity index (χ4v) is 6.30. The largest absolute Gasteiger partial charge is 0.301 e. The zero-order valence-electron chi connectivity index (χ0n) is 14.8. The summed E-state index contributed by atoms with van der Waals surface area (Å²) in [4.78, 5) is 17.2. The molecule has 1 amide bonds. The third-order valence-corrected chi connectivity index (χ3v) is 8.22. The Labute approximate surface area is 162 Å². The van der Waals surface area contributed by atoms with Gasteiger partial charge in [-0.25, -0.2) is 13.4 Å². The molecule has 0 bridgehead atoms. The SMILES string of the molecule is N#CC1(C(=O)Nc2nc3ccc(S(=O)(=O)N4CCCC4)cc3s2)CCCC1. The second-order valence-electron chi connectivity index (χ2n) is 7.11. The zero-order valence-corrected chi connectivity index (χ0v) is 16.4. The van der Waals surface area contributed by atoms with Gasteiger partial charge in [0.15, 0.2) is 5.13 Å². The molecule has 0 spiro atoms. The maximum atomic E-state index is 12.7. The molecule has 1 aromatic carbocycles. The maximum absolute atomic E-state index is 12.7. The number of nitrogens with zero attached hydrogens (tertiary/aromatic N) is 3. The third kappa shape index (κ3) is 3.22. The van der Waals surface area contributed by atoms with Gasteiger partial charge in [0.25, 0.3) is 0 Å². The number of hydrogen-bond donors (Lipinski definition) is 1. The number of carbonyl (C=O) groups is 1. The molecule has 1 aliphatic heterocycles. The van der Waals surface area contributed by atoms with E-state index in [0.717, 1.165) is 25.7 Å². The van der Waals surface area contributed by atoms with Crippen LogP contribution in [0.3, 0.4) is 0 Å². The quantitative estimate of drug-likeness (QED) is 0.843. The predicted octanol–water partition coefficient (Wildman–Crippen LogP) is 3.10. The summed E-state index contributed by atoms with van der Waals surface area (Å²) in [6, 6.07) is 7.02. The minimum Gasteiger partial charge on any atom is -0.301 e. The molecule has 2 aliphatic rings. The van der Waals surface area contributed by atoms with Gasteiger partial charge in [0.05, 0.1) is 21.2 Å². The standard InChI is InChI=1S/C18H20N4O3S2/c19-12-18(7-1-2-8-18)16(23)21-17-20-14-6-5-13(11-15(14)26-17)27(24,25)22-9-3-4-10-22/h5-6,11H,1-4,7-10H2,(H,20,21,23). The Hall–Kier alpha value is -2.02. The third-order valence-electron chi connectivity index (χ3n) is 5.39.